The molecule has 2 amide bonds. The highest BCUT2D eigenvalue weighted by Gasteiger charge is 2.37. The van der Waals surface area contributed by atoms with Crippen molar-refractivity contribution in [3.8, 4) is 0 Å². The lowest BCUT2D eigenvalue weighted by Gasteiger charge is -2.15. The van der Waals surface area contributed by atoms with Crippen LogP contribution in [0.3, 0.4) is 0 Å². The van der Waals surface area contributed by atoms with Crippen molar-refractivity contribution in [2.24, 2.45) is 0 Å². The number of hydrogen-bond donors (Lipinski definition) is 3. The molecular formula is C21H14F6N6OS. The van der Waals surface area contributed by atoms with E-state index in [9.17, 15) is 31.1 Å². The van der Waals surface area contributed by atoms with E-state index in [0.717, 1.165) is 10.9 Å². The number of rotatable bonds is 5. The van der Waals surface area contributed by atoms with E-state index in [-0.39, 0.29) is 6.07 Å². The maximum absolute atomic E-state index is 13.0. The van der Waals surface area contributed by atoms with Crippen LogP contribution in [0, 0.1) is 0 Å². The number of carbonyl (C=O) groups is 1. The van der Waals surface area contributed by atoms with Crippen molar-refractivity contribution in [1.29, 1.82) is 0 Å². The summed E-state index contributed by atoms with van der Waals surface area (Å²) in [4.78, 5) is 20.6. The molecule has 0 radical (unpaired) electrons. The Morgan fingerprint density at radius 2 is 1.60 bits per heavy atom. The summed E-state index contributed by atoms with van der Waals surface area (Å²) in [5.41, 5.74) is -2.06. The number of fused-ring (bicyclic) bond motifs is 1. The van der Waals surface area contributed by atoms with E-state index in [4.69, 9.17) is 0 Å². The first kappa shape index (κ1) is 24.3. The maximum atomic E-state index is 13.0. The second kappa shape index (κ2) is 9.44. The summed E-state index contributed by atoms with van der Waals surface area (Å²) in [6.07, 6.45) is -7.06. The first-order chi connectivity index (χ1) is 16.5. The highest BCUT2D eigenvalue weighted by atomic mass is 32.2. The van der Waals surface area contributed by atoms with Gasteiger partial charge < -0.3 is 10.6 Å². The van der Waals surface area contributed by atoms with Gasteiger partial charge >= 0.3 is 18.4 Å². The first-order valence-electron chi connectivity index (χ1n) is 9.72. The molecule has 182 valence electrons. The minimum atomic E-state index is -5.02. The summed E-state index contributed by atoms with van der Waals surface area (Å²) in [5.74, 6) is 0.455. The molecule has 0 spiro atoms. The van der Waals surface area contributed by atoms with Gasteiger partial charge in [-0.05, 0) is 35.9 Å². The fourth-order valence-electron chi connectivity index (χ4n) is 3.07. The topological polar surface area (TPSA) is 95.6 Å². The van der Waals surface area contributed by atoms with Crippen molar-refractivity contribution in [2.45, 2.75) is 23.1 Å². The van der Waals surface area contributed by atoms with E-state index in [1.165, 1.54) is 24.2 Å². The molecule has 0 unspecified atom stereocenters. The average Bonchev–Trinajstić information content (AvgIpc) is 3.26. The van der Waals surface area contributed by atoms with Gasteiger partial charge in [-0.2, -0.15) is 31.4 Å². The quantitative estimate of drug-likeness (QED) is 0.165. The fraction of sp³-hybridized carbons (Fsp3) is 0.143. The van der Waals surface area contributed by atoms with Gasteiger partial charge in [0.25, 0.3) is 0 Å². The lowest BCUT2D eigenvalue weighted by Crippen LogP contribution is -2.20. The number of thioether (sulfide) groups is 1. The lowest BCUT2D eigenvalue weighted by atomic mass is 10.1. The van der Waals surface area contributed by atoms with Crippen LogP contribution in [-0.4, -0.2) is 26.2 Å². The molecule has 0 aliphatic rings. The van der Waals surface area contributed by atoms with Gasteiger partial charge in [-0.25, -0.2) is 14.8 Å². The minimum Gasteiger partial charge on any atom is -0.308 e. The Labute approximate surface area is 197 Å². The largest absolute Gasteiger partial charge is 0.416 e. The molecule has 3 N–H and O–H groups in total. The number of hydrogen-bond acceptors (Lipinski definition) is 5. The Morgan fingerprint density at radius 3 is 2.29 bits per heavy atom. The van der Waals surface area contributed by atoms with Gasteiger partial charge in [0.2, 0.25) is 0 Å². The molecular weight excluding hydrogens is 498 g/mol. The number of aromatic nitrogens is 4. The van der Waals surface area contributed by atoms with E-state index in [0.29, 0.717) is 34.2 Å². The summed E-state index contributed by atoms with van der Waals surface area (Å²) in [6, 6.07) is 6.42. The standard InChI is InChI=1S/C21H14F6N6OS/c22-20(23,24)12-5-13(21(25,26)27)7-15(6-12)32-19(34)31-14-3-1-2-11(4-14)9-35-18-16-8-30-33-17(16)28-10-29-18/h1-8,10H,9H2,(H2,31,32,34)(H,28,29,30,33). The molecule has 2 aromatic heterocycles. The van der Waals surface area contributed by atoms with Gasteiger partial charge in [0, 0.05) is 17.1 Å². The van der Waals surface area contributed by atoms with Gasteiger partial charge in [0.15, 0.2) is 5.65 Å². The number of anilines is 2. The summed E-state index contributed by atoms with van der Waals surface area (Å²) in [5, 5.41) is 12.5. The zero-order valence-corrected chi connectivity index (χ0v) is 18.1. The Hall–Kier alpha value is -3.81. The molecule has 0 bridgehead atoms. The Kier molecular flexibility index (Phi) is 6.56. The van der Waals surface area contributed by atoms with Gasteiger partial charge in [0.1, 0.15) is 11.4 Å². The minimum absolute atomic E-state index is 0.0147. The highest BCUT2D eigenvalue weighted by molar-refractivity contribution is 7.98. The number of nitrogens with zero attached hydrogens (tertiary/aromatic N) is 3. The SMILES string of the molecule is O=C(Nc1cccc(CSc2ncnc3[nH]ncc23)c1)Nc1cc(C(F)(F)F)cc(C(F)(F)F)c1. The molecule has 2 aromatic carbocycles. The summed E-state index contributed by atoms with van der Waals surface area (Å²) < 4.78 is 78.1. The normalized spacial score (nSPS) is 12.1. The van der Waals surface area contributed by atoms with E-state index in [1.54, 1.807) is 24.4 Å². The van der Waals surface area contributed by atoms with Crippen LogP contribution in [0.25, 0.3) is 11.0 Å². The van der Waals surface area contributed by atoms with Crippen LogP contribution in [0.1, 0.15) is 16.7 Å². The lowest BCUT2D eigenvalue weighted by molar-refractivity contribution is -0.143. The van der Waals surface area contributed by atoms with E-state index >= 15 is 0 Å². The number of H-pyrrole nitrogens is 1. The predicted molar refractivity (Wildman–Crippen MR) is 117 cm³/mol. The van der Waals surface area contributed by atoms with Crippen molar-refractivity contribution in [2.75, 3.05) is 10.6 Å². The molecule has 0 saturated carbocycles. The molecule has 0 aliphatic carbocycles. The molecule has 7 nitrogen and oxygen atoms in total. The predicted octanol–water partition coefficient (Wildman–Crippen LogP) is 6.33. The molecule has 35 heavy (non-hydrogen) atoms. The molecule has 4 aromatic rings. The Bertz CT molecular complexity index is 1340. The van der Waals surface area contributed by atoms with Crippen molar-refractivity contribution >= 4 is 40.2 Å². The van der Waals surface area contributed by atoms with Crippen molar-refractivity contribution in [3.63, 3.8) is 0 Å². The van der Waals surface area contributed by atoms with Gasteiger partial charge in [-0.1, -0.05) is 12.1 Å². The number of alkyl halides is 6. The number of carbonyl (C=O) groups excluding carboxylic acids is 1. The Morgan fingerprint density at radius 1 is 0.914 bits per heavy atom. The zero-order chi connectivity index (χ0) is 25.2. The Balaban J connectivity index is 1.45. The van der Waals surface area contributed by atoms with Gasteiger partial charge in [-0.15, -0.1) is 11.8 Å². The summed E-state index contributed by atoms with van der Waals surface area (Å²) >= 11 is 1.39. The van der Waals surface area contributed by atoms with Crippen LogP contribution >= 0.6 is 11.8 Å². The molecule has 0 saturated heterocycles. The van der Waals surface area contributed by atoms with Crippen LogP contribution < -0.4 is 10.6 Å². The van der Waals surface area contributed by atoms with Crippen LogP contribution in [0.2, 0.25) is 0 Å². The van der Waals surface area contributed by atoms with Gasteiger partial charge in [0.05, 0.1) is 22.7 Å². The number of nitrogens with one attached hydrogen (secondary N) is 3. The van der Waals surface area contributed by atoms with E-state index in [1.807, 2.05) is 5.32 Å². The maximum Gasteiger partial charge on any atom is 0.416 e. The van der Waals surface area contributed by atoms with E-state index < -0.39 is 35.2 Å². The molecule has 4 rings (SSSR count). The fourth-order valence-corrected chi connectivity index (χ4v) is 3.98. The van der Waals surface area contributed by atoms with Gasteiger partial charge in [-0.3, -0.25) is 5.10 Å². The molecule has 0 atom stereocenters. The van der Waals surface area contributed by atoms with Crippen molar-refractivity contribution in [3.05, 3.63) is 71.7 Å². The summed E-state index contributed by atoms with van der Waals surface area (Å²) in [6.45, 7) is 0. The number of aromatic amines is 1. The summed E-state index contributed by atoms with van der Waals surface area (Å²) in [7, 11) is 0. The second-order valence-corrected chi connectivity index (χ2v) is 8.14. The third-order valence-corrected chi connectivity index (χ3v) is 5.69. The second-order valence-electron chi connectivity index (χ2n) is 7.17. The highest BCUT2D eigenvalue weighted by Crippen LogP contribution is 2.37. The number of halogens is 6. The molecule has 14 heteroatoms. The van der Waals surface area contributed by atoms with Crippen molar-refractivity contribution < 1.29 is 31.1 Å². The third kappa shape index (κ3) is 6.01. The van der Waals surface area contributed by atoms with Crippen LogP contribution in [0.15, 0.2) is 60.0 Å². The number of urea groups is 1. The molecule has 0 aliphatic heterocycles. The zero-order valence-electron chi connectivity index (χ0n) is 17.3. The molecule has 2 heterocycles. The first-order valence-corrected chi connectivity index (χ1v) is 10.7. The number of benzene rings is 2. The van der Waals surface area contributed by atoms with E-state index in [2.05, 4.69) is 25.5 Å². The van der Waals surface area contributed by atoms with Crippen LogP contribution in [0.4, 0.5) is 42.5 Å². The van der Waals surface area contributed by atoms with Crippen LogP contribution in [-0.2, 0) is 18.1 Å². The smallest absolute Gasteiger partial charge is 0.308 e. The average molecular weight is 512 g/mol. The van der Waals surface area contributed by atoms with Crippen LogP contribution in [0.5, 0.6) is 0 Å². The third-order valence-electron chi connectivity index (χ3n) is 4.62. The molecule has 0 fully saturated rings. The van der Waals surface area contributed by atoms with Crippen molar-refractivity contribution in [1.82, 2.24) is 20.2 Å². The number of amides is 2. The monoisotopic (exact) mass is 512 g/mol.